The van der Waals surface area contributed by atoms with Gasteiger partial charge in [0, 0.05) is 39.4 Å². The summed E-state index contributed by atoms with van der Waals surface area (Å²) in [4.78, 5) is 15.8. The number of aromatic nitrogens is 4. The predicted octanol–water partition coefficient (Wildman–Crippen LogP) is 4.65. The van der Waals surface area contributed by atoms with E-state index in [1.165, 1.54) is 0 Å². The van der Waals surface area contributed by atoms with E-state index >= 15 is 0 Å². The van der Waals surface area contributed by atoms with Gasteiger partial charge >= 0.3 is 0 Å². The minimum Gasteiger partial charge on any atom is -0.355 e. The third-order valence-corrected chi connectivity index (χ3v) is 3.96. The van der Waals surface area contributed by atoms with Crippen molar-refractivity contribution in [3.8, 4) is 0 Å². The normalized spacial score (nSPS) is 12.7. The molecule has 0 fully saturated rings. The first-order valence-electron chi connectivity index (χ1n) is 8.26. The number of aromatic amines is 2. The summed E-state index contributed by atoms with van der Waals surface area (Å²) in [5.74, 6) is 0. The summed E-state index contributed by atoms with van der Waals surface area (Å²) in [6.07, 6.45) is 7.91. The van der Waals surface area contributed by atoms with E-state index in [0.29, 0.717) is 6.04 Å². The van der Waals surface area contributed by atoms with E-state index in [9.17, 15) is 0 Å². The minimum atomic E-state index is 0. The van der Waals surface area contributed by atoms with Gasteiger partial charge in [0.15, 0.2) is 0 Å². The van der Waals surface area contributed by atoms with Crippen LogP contribution >= 0.6 is 0 Å². The van der Waals surface area contributed by atoms with Crippen molar-refractivity contribution in [2.75, 3.05) is 0 Å². The number of rotatable bonds is 0. The van der Waals surface area contributed by atoms with Crippen molar-refractivity contribution < 1.29 is 18.7 Å². The molecule has 0 unspecified atom stereocenters. The second kappa shape index (κ2) is 6.21. The largest absolute Gasteiger partial charge is 0.355 e. The van der Waals surface area contributed by atoms with Crippen molar-refractivity contribution in [1.82, 2.24) is 19.9 Å². The summed E-state index contributed by atoms with van der Waals surface area (Å²) in [7, 11) is 0. The Morgan fingerprint density at radius 2 is 1.08 bits per heavy atom. The first-order valence-corrected chi connectivity index (χ1v) is 7.76. The number of nitrogens with zero attached hydrogens (tertiary/aromatic N) is 2. The Balaban J connectivity index is 0.00000168. The SMILES string of the molecule is [2H]c1cc2cc3nc(cc4nc(cc5ccc(cc1[nH]2)[nH]5)C=C4)C=C3.[Cr]. The third kappa shape index (κ3) is 3.20. The van der Waals surface area contributed by atoms with Crippen LogP contribution in [0.5, 0.6) is 0 Å². The molecule has 5 rings (SSSR count). The Morgan fingerprint density at radius 1 is 0.600 bits per heavy atom. The fourth-order valence-electron chi connectivity index (χ4n) is 2.87. The van der Waals surface area contributed by atoms with Crippen molar-refractivity contribution in [3.05, 3.63) is 71.3 Å². The van der Waals surface area contributed by atoms with Gasteiger partial charge in [0.2, 0.25) is 0 Å². The fourth-order valence-corrected chi connectivity index (χ4v) is 2.87. The van der Waals surface area contributed by atoms with E-state index in [1.54, 1.807) is 0 Å². The maximum atomic E-state index is 8.15. The summed E-state index contributed by atoms with van der Waals surface area (Å²) < 4.78 is 8.15. The molecule has 4 nitrogen and oxygen atoms in total. The summed E-state index contributed by atoms with van der Waals surface area (Å²) in [6.45, 7) is 0. The number of H-pyrrole nitrogens is 2. The summed E-state index contributed by atoms with van der Waals surface area (Å²) >= 11 is 0. The average molecular weight is 363 g/mol. The van der Waals surface area contributed by atoms with Gasteiger partial charge in [0.05, 0.1) is 24.1 Å². The van der Waals surface area contributed by atoms with Gasteiger partial charge in [0.25, 0.3) is 0 Å². The molecule has 0 radical (unpaired) electrons. The second-order valence-electron chi connectivity index (χ2n) is 5.82. The molecule has 3 aromatic heterocycles. The molecule has 0 aromatic carbocycles. The third-order valence-electron chi connectivity index (χ3n) is 3.96. The van der Waals surface area contributed by atoms with E-state index in [4.69, 9.17) is 1.37 Å². The van der Waals surface area contributed by atoms with Gasteiger partial charge < -0.3 is 9.97 Å². The van der Waals surface area contributed by atoms with Gasteiger partial charge in [-0.25, -0.2) is 9.97 Å². The minimum absolute atomic E-state index is 0. The quantitative estimate of drug-likeness (QED) is 0.421. The van der Waals surface area contributed by atoms with Gasteiger partial charge in [0.1, 0.15) is 0 Å². The topological polar surface area (TPSA) is 57.4 Å². The average Bonchev–Trinajstić information content (AvgIpc) is 3.33. The molecule has 0 spiro atoms. The van der Waals surface area contributed by atoms with E-state index in [2.05, 4.69) is 19.9 Å². The molecule has 3 aromatic rings. The van der Waals surface area contributed by atoms with Crippen LogP contribution in [-0.4, -0.2) is 19.9 Å². The predicted molar refractivity (Wildman–Crippen MR) is 98.9 cm³/mol. The van der Waals surface area contributed by atoms with Crippen LogP contribution in [0, 0.1) is 0 Å². The van der Waals surface area contributed by atoms with Crippen molar-refractivity contribution in [2.24, 2.45) is 0 Å². The molecular weight excluding hydrogens is 348 g/mol. The molecule has 0 saturated carbocycles. The van der Waals surface area contributed by atoms with Gasteiger partial charge in [-0.1, -0.05) is 0 Å². The van der Waals surface area contributed by atoms with Crippen LogP contribution in [0.4, 0.5) is 0 Å². The summed E-state index contributed by atoms with van der Waals surface area (Å²) in [5, 5.41) is 0. The van der Waals surface area contributed by atoms with Crippen LogP contribution in [-0.2, 0) is 17.4 Å². The molecule has 8 bridgehead atoms. The molecule has 2 N–H and O–H groups in total. The number of hydrogen-bond donors (Lipinski definition) is 2. The first-order chi connectivity index (χ1) is 12.2. The second-order valence-corrected chi connectivity index (χ2v) is 5.82. The first kappa shape index (κ1) is 14.5. The maximum absolute atomic E-state index is 8.15. The van der Waals surface area contributed by atoms with Gasteiger partial charge in [-0.05, 0) is 72.8 Å². The van der Waals surface area contributed by atoms with E-state index < -0.39 is 0 Å². The Labute approximate surface area is 156 Å². The molecule has 2 aliphatic rings. The van der Waals surface area contributed by atoms with Crippen molar-refractivity contribution in [2.45, 2.75) is 0 Å². The van der Waals surface area contributed by atoms with E-state index in [0.717, 1.165) is 44.8 Å². The molecule has 0 atom stereocenters. The zero-order valence-corrected chi connectivity index (χ0v) is 14.4. The Bertz CT molecular complexity index is 1220. The smallest absolute Gasteiger partial charge is 0.0659 e. The maximum Gasteiger partial charge on any atom is 0.0659 e. The fraction of sp³-hybridized carbons (Fsp3) is 0. The van der Waals surface area contributed by atoms with Gasteiger partial charge in [-0.15, -0.1) is 0 Å². The summed E-state index contributed by atoms with van der Waals surface area (Å²) in [5.41, 5.74) is 7.04. The molecule has 0 aliphatic carbocycles. The molecule has 0 saturated heterocycles. The zero-order chi connectivity index (χ0) is 16.8. The van der Waals surface area contributed by atoms with Crippen LogP contribution in [0.1, 0.15) is 24.1 Å². The van der Waals surface area contributed by atoms with Gasteiger partial charge in [-0.2, -0.15) is 0 Å². The van der Waals surface area contributed by atoms with Crippen LogP contribution < -0.4 is 0 Å². The molecule has 25 heavy (non-hydrogen) atoms. The van der Waals surface area contributed by atoms with Gasteiger partial charge in [-0.3, -0.25) is 0 Å². The molecule has 2 aliphatic heterocycles. The molecule has 0 amide bonds. The zero-order valence-electron chi connectivity index (χ0n) is 14.2. The van der Waals surface area contributed by atoms with Crippen molar-refractivity contribution in [3.63, 3.8) is 0 Å². The van der Waals surface area contributed by atoms with Crippen LogP contribution in [0.15, 0.2) is 48.5 Å². The monoisotopic (exact) mass is 363 g/mol. The summed E-state index contributed by atoms with van der Waals surface area (Å²) in [6, 6.07) is 14.1. The Kier molecular flexibility index (Phi) is 3.60. The molecular formula is C20H14CrN4. The van der Waals surface area contributed by atoms with Crippen molar-refractivity contribution >= 4 is 46.4 Å². The molecule has 5 heterocycles. The van der Waals surface area contributed by atoms with E-state index in [-0.39, 0.29) is 17.4 Å². The molecule has 5 heteroatoms. The standard InChI is InChI=1S/C20H14N4.Cr/c1-2-14-10-16-5-6-18(23-16)12-20-8-7-19(24-20)11-17-4-3-15(22-17)9-13(1)21-14;/h1-12,21-22H;/i1D;. The van der Waals surface area contributed by atoms with Crippen LogP contribution in [0.3, 0.4) is 0 Å². The number of hydrogen-bond acceptors (Lipinski definition) is 2. The Morgan fingerprint density at radius 3 is 1.72 bits per heavy atom. The van der Waals surface area contributed by atoms with E-state index in [1.807, 2.05) is 66.8 Å². The van der Waals surface area contributed by atoms with Crippen LogP contribution in [0.25, 0.3) is 46.4 Å². The van der Waals surface area contributed by atoms with Crippen molar-refractivity contribution in [1.29, 1.82) is 0 Å². The molecule has 120 valence electrons. The number of nitrogens with one attached hydrogen (secondary N) is 2. The number of fused-ring (bicyclic) bond motifs is 8. The Hall–Kier alpha value is -2.87. The van der Waals surface area contributed by atoms with Crippen LogP contribution in [0.2, 0.25) is 0 Å².